The molecule has 0 radical (unpaired) electrons. The maximum absolute atomic E-state index is 13.2. The van der Waals surface area contributed by atoms with E-state index in [1.807, 2.05) is 20.8 Å². The third kappa shape index (κ3) is 4.65. The highest BCUT2D eigenvalue weighted by atomic mass is 35.5. The van der Waals surface area contributed by atoms with Crippen molar-refractivity contribution in [2.75, 3.05) is 26.2 Å². The molecule has 8 heteroatoms. The van der Waals surface area contributed by atoms with E-state index in [2.05, 4.69) is 0 Å². The summed E-state index contributed by atoms with van der Waals surface area (Å²) in [7, 11) is -3.81. The standard InChI is InChI=1S/C19H27ClN2O4S/c1-4-21(12-15-5-6-15)19(23)16-7-8-17(20)18(9-16)27(24,25)22-10-13(2)26-14(3)11-22/h7-9,13-15H,4-6,10-12H2,1-3H3. The van der Waals surface area contributed by atoms with Gasteiger partial charge in [-0.15, -0.1) is 0 Å². The zero-order valence-corrected chi connectivity index (χ0v) is 17.6. The van der Waals surface area contributed by atoms with Crippen LogP contribution in [-0.4, -0.2) is 61.9 Å². The van der Waals surface area contributed by atoms with Gasteiger partial charge >= 0.3 is 0 Å². The van der Waals surface area contributed by atoms with Gasteiger partial charge in [-0.3, -0.25) is 4.79 Å². The lowest BCUT2D eigenvalue weighted by Crippen LogP contribution is -2.48. The maximum atomic E-state index is 13.2. The number of morpholine rings is 1. The number of nitrogens with zero attached hydrogens (tertiary/aromatic N) is 2. The van der Waals surface area contributed by atoms with E-state index in [0.717, 1.165) is 19.4 Å². The lowest BCUT2D eigenvalue weighted by atomic mass is 10.2. The SMILES string of the molecule is CCN(CC1CC1)C(=O)c1ccc(Cl)c(S(=O)(=O)N2CC(C)OC(C)C2)c1. The number of carbonyl (C=O) groups is 1. The van der Waals surface area contributed by atoms with Gasteiger partial charge < -0.3 is 9.64 Å². The Bertz CT molecular complexity index is 800. The largest absolute Gasteiger partial charge is 0.373 e. The Labute approximate surface area is 166 Å². The molecule has 1 saturated carbocycles. The van der Waals surface area contributed by atoms with E-state index in [1.165, 1.54) is 16.4 Å². The van der Waals surface area contributed by atoms with Gasteiger partial charge in [0, 0.05) is 31.7 Å². The first kappa shape index (κ1) is 20.6. The average Bonchev–Trinajstić information content (AvgIpc) is 3.42. The van der Waals surface area contributed by atoms with E-state index in [9.17, 15) is 13.2 Å². The van der Waals surface area contributed by atoms with Gasteiger partial charge in [0.1, 0.15) is 4.90 Å². The van der Waals surface area contributed by atoms with Crippen molar-refractivity contribution in [2.45, 2.75) is 50.7 Å². The van der Waals surface area contributed by atoms with E-state index in [1.54, 1.807) is 11.0 Å². The Morgan fingerprint density at radius 3 is 2.44 bits per heavy atom. The Balaban J connectivity index is 1.89. The average molecular weight is 415 g/mol. The monoisotopic (exact) mass is 414 g/mol. The highest BCUT2D eigenvalue weighted by Gasteiger charge is 2.34. The summed E-state index contributed by atoms with van der Waals surface area (Å²) >= 11 is 6.22. The van der Waals surface area contributed by atoms with Crippen LogP contribution in [0.1, 0.15) is 44.0 Å². The van der Waals surface area contributed by atoms with E-state index in [-0.39, 0.29) is 41.1 Å². The molecule has 2 fully saturated rings. The number of amides is 1. The molecular formula is C19H27ClN2O4S. The second kappa shape index (κ2) is 8.07. The highest BCUT2D eigenvalue weighted by Crippen LogP contribution is 2.31. The van der Waals surface area contributed by atoms with Crippen LogP contribution in [0.15, 0.2) is 23.1 Å². The Morgan fingerprint density at radius 1 is 1.26 bits per heavy atom. The minimum atomic E-state index is -3.81. The molecule has 1 aliphatic heterocycles. The second-order valence-corrected chi connectivity index (χ2v) is 9.83. The molecule has 0 bridgehead atoms. The first-order valence-electron chi connectivity index (χ1n) is 9.46. The number of rotatable bonds is 6. The molecule has 0 N–H and O–H groups in total. The van der Waals surface area contributed by atoms with E-state index >= 15 is 0 Å². The van der Waals surface area contributed by atoms with E-state index < -0.39 is 10.0 Å². The molecule has 27 heavy (non-hydrogen) atoms. The molecule has 0 aromatic heterocycles. The summed E-state index contributed by atoms with van der Waals surface area (Å²) in [6.07, 6.45) is 1.91. The van der Waals surface area contributed by atoms with Crippen molar-refractivity contribution >= 4 is 27.5 Å². The van der Waals surface area contributed by atoms with Crippen molar-refractivity contribution in [3.63, 3.8) is 0 Å². The van der Waals surface area contributed by atoms with Crippen LogP contribution in [0.4, 0.5) is 0 Å². The number of hydrogen-bond acceptors (Lipinski definition) is 4. The summed E-state index contributed by atoms with van der Waals surface area (Å²) < 4.78 is 33.3. The molecule has 2 unspecified atom stereocenters. The molecule has 1 aliphatic carbocycles. The van der Waals surface area contributed by atoms with Gasteiger partial charge in [-0.05, 0) is 57.7 Å². The summed E-state index contributed by atoms with van der Waals surface area (Å²) in [5.74, 6) is 0.418. The van der Waals surface area contributed by atoms with Crippen LogP contribution in [0, 0.1) is 5.92 Å². The van der Waals surface area contributed by atoms with Crippen molar-refractivity contribution < 1.29 is 17.9 Å². The topological polar surface area (TPSA) is 66.9 Å². The molecule has 2 atom stereocenters. The molecule has 3 rings (SSSR count). The summed E-state index contributed by atoms with van der Waals surface area (Å²) in [4.78, 5) is 14.6. The number of carbonyl (C=O) groups excluding carboxylic acids is 1. The third-order valence-electron chi connectivity index (χ3n) is 5.03. The summed E-state index contributed by atoms with van der Waals surface area (Å²) in [5.41, 5.74) is 0.356. The fourth-order valence-electron chi connectivity index (χ4n) is 3.45. The Morgan fingerprint density at radius 2 is 1.89 bits per heavy atom. The van der Waals surface area contributed by atoms with Crippen LogP contribution in [0.5, 0.6) is 0 Å². The number of ether oxygens (including phenoxy) is 1. The molecule has 1 aromatic rings. The predicted octanol–water partition coefficient (Wildman–Crippen LogP) is 3.01. The molecule has 150 valence electrons. The van der Waals surface area contributed by atoms with Crippen molar-refractivity contribution in [1.82, 2.24) is 9.21 Å². The van der Waals surface area contributed by atoms with Crippen molar-refractivity contribution in [1.29, 1.82) is 0 Å². The van der Waals surface area contributed by atoms with Crippen LogP contribution in [0.2, 0.25) is 5.02 Å². The van der Waals surface area contributed by atoms with Crippen LogP contribution in [0.3, 0.4) is 0 Å². The number of halogens is 1. The molecule has 1 aromatic carbocycles. The molecule has 2 aliphatic rings. The number of hydrogen-bond donors (Lipinski definition) is 0. The third-order valence-corrected chi connectivity index (χ3v) is 7.34. The quantitative estimate of drug-likeness (QED) is 0.717. The van der Waals surface area contributed by atoms with Gasteiger partial charge in [0.25, 0.3) is 5.91 Å². The summed E-state index contributed by atoms with van der Waals surface area (Å²) in [6, 6.07) is 4.52. The number of sulfonamides is 1. The van der Waals surface area contributed by atoms with Crippen LogP contribution < -0.4 is 0 Å². The summed E-state index contributed by atoms with van der Waals surface area (Å²) in [6.45, 7) is 7.47. The van der Waals surface area contributed by atoms with Gasteiger partial charge in [-0.1, -0.05) is 11.6 Å². The second-order valence-electron chi connectivity index (χ2n) is 7.51. The van der Waals surface area contributed by atoms with Crippen LogP contribution >= 0.6 is 11.6 Å². The molecule has 6 nitrogen and oxygen atoms in total. The Hall–Kier alpha value is -1.15. The smallest absolute Gasteiger partial charge is 0.253 e. The maximum Gasteiger partial charge on any atom is 0.253 e. The summed E-state index contributed by atoms with van der Waals surface area (Å²) in [5, 5.41) is 0.128. The van der Waals surface area contributed by atoms with Gasteiger partial charge in [0.15, 0.2) is 0 Å². The minimum absolute atomic E-state index is 0.0150. The zero-order chi connectivity index (χ0) is 19.8. The van der Waals surface area contributed by atoms with Gasteiger partial charge in [-0.2, -0.15) is 4.31 Å². The lowest BCUT2D eigenvalue weighted by molar-refractivity contribution is -0.0440. The number of benzene rings is 1. The van der Waals surface area contributed by atoms with Crippen LogP contribution in [-0.2, 0) is 14.8 Å². The lowest BCUT2D eigenvalue weighted by Gasteiger charge is -2.34. The fraction of sp³-hybridized carbons (Fsp3) is 0.632. The van der Waals surface area contributed by atoms with Crippen molar-refractivity contribution in [2.24, 2.45) is 5.92 Å². The van der Waals surface area contributed by atoms with Crippen molar-refractivity contribution in [3.8, 4) is 0 Å². The van der Waals surface area contributed by atoms with E-state index in [0.29, 0.717) is 18.0 Å². The zero-order valence-electron chi connectivity index (χ0n) is 16.0. The van der Waals surface area contributed by atoms with Gasteiger partial charge in [0.05, 0.1) is 17.2 Å². The molecular weight excluding hydrogens is 388 g/mol. The van der Waals surface area contributed by atoms with Gasteiger partial charge in [0.2, 0.25) is 10.0 Å². The first-order chi connectivity index (χ1) is 12.7. The van der Waals surface area contributed by atoms with Gasteiger partial charge in [-0.25, -0.2) is 8.42 Å². The first-order valence-corrected chi connectivity index (χ1v) is 11.3. The molecule has 1 amide bonds. The normalized spacial score (nSPS) is 24.0. The highest BCUT2D eigenvalue weighted by molar-refractivity contribution is 7.89. The Kier molecular flexibility index (Phi) is 6.15. The fourth-order valence-corrected chi connectivity index (χ4v) is 5.54. The van der Waals surface area contributed by atoms with Crippen LogP contribution in [0.25, 0.3) is 0 Å². The minimum Gasteiger partial charge on any atom is -0.373 e. The molecule has 1 saturated heterocycles. The predicted molar refractivity (Wildman–Crippen MR) is 105 cm³/mol. The van der Waals surface area contributed by atoms with Crippen molar-refractivity contribution in [3.05, 3.63) is 28.8 Å². The molecule has 1 heterocycles. The van der Waals surface area contributed by atoms with E-state index in [4.69, 9.17) is 16.3 Å². The molecule has 0 spiro atoms.